The summed E-state index contributed by atoms with van der Waals surface area (Å²) in [6.45, 7) is 7.22. The Kier molecular flexibility index (Phi) is 3.61. The number of nitrogens with one attached hydrogen (secondary N) is 1. The Balaban J connectivity index is 1.79. The summed E-state index contributed by atoms with van der Waals surface area (Å²) in [5.41, 5.74) is 8.82. The monoisotopic (exact) mass is 275 g/mol. The molecule has 2 fully saturated rings. The van der Waals surface area contributed by atoms with E-state index in [9.17, 15) is 5.11 Å². The number of nitrogen functional groups attached to an aromatic ring is 1. The van der Waals surface area contributed by atoms with Crippen molar-refractivity contribution in [3.63, 3.8) is 0 Å². The predicted molar refractivity (Wildman–Crippen MR) is 81.8 cm³/mol. The minimum absolute atomic E-state index is 0.473. The van der Waals surface area contributed by atoms with Crippen LogP contribution in [-0.2, 0) is 6.54 Å². The van der Waals surface area contributed by atoms with Crippen LogP contribution in [0.15, 0.2) is 12.1 Å². The number of phenolic OH excluding ortho intramolecular Hbond substituents is 1. The maximum atomic E-state index is 10.5. The molecule has 20 heavy (non-hydrogen) atoms. The van der Waals surface area contributed by atoms with Gasteiger partial charge in [-0.05, 0) is 50.3 Å². The highest BCUT2D eigenvalue weighted by atomic mass is 16.3. The minimum atomic E-state index is 0.473. The summed E-state index contributed by atoms with van der Waals surface area (Å²) in [6, 6.07) is 4.85. The van der Waals surface area contributed by atoms with Gasteiger partial charge in [-0.3, -0.25) is 4.90 Å². The number of phenols is 1. The van der Waals surface area contributed by atoms with Crippen molar-refractivity contribution in [2.24, 2.45) is 0 Å². The third-order valence-electron chi connectivity index (χ3n) is 4.28. The Bertz CT molecular complexity index is 489. The number of rotatable bonds is 3. The lowest BCUT2D eigenvalue weighted by molar-refractivity contribution is 0.165. The number of nitrogens with zero attached hydrogens (tertiary/aromatic N) is 1. The smallest absolute Gasteiger partial charge is 0.123 e. The number of aromatic hydroxyl groups is 1. The van der Waals surface area contributed by atoms with E-state index in [0.29, 0.717) is 23.8 Å². The molecule has 110 valence electrons. The van der Waals surface area contributed by atoms with Crippen LogP contribution in [0.4, 0.5) is 5.69 Å². The molecule has 0 amide bonds. The molecule has 0 radical (unpaired) electrons. The summed E-state index contributed by atoms with van der Waals surface area (Å²) in [5, 5.41) is 14.0. The van der Waals surface area contributed by atoms with Crippen molar-refractivity contribution in [2.75, 3.05) is 18.8 Å². The van der Waals surface area contributed by atoms with E-state index in [1.807, 2.05) is 12.1 Å². The van der Waals surface area contributed by atoms with Gasteiger partial charge < -0.3 is 16.2 Å². The fourth-order valence-electron chi connectivity index (χ4n) is 3.38. The molecular weight excluding hydrogens is 250 g/mol. The zero-order chi connectivity index (χ0) is 14.3. The van der Waals surface area contributed by atoms with E-state index in [4.69, 9.17) is 5.73 Å². The van der Waals surface area contributed by atoms with Gasteiger partial charge in [0.1, 0.15) is 5.75 Å². The summed E-state index contributed by atoms with van der Waals surface area (Å²) >= 11 is 0. The average molecular weight is 275 g/mol. The van der Waals surface area contributed by atoms with Crippen LogP contribution in [0.5, 0.6) is 5.75 Å². The van der Waals surface area contributed by atoms with Gasteiger partial charge in [-0.2, -0.15) is 0 Å². The van der Waals surface area contributed by atoms with Gasteiger partial charge in [0.05, 0.1) is 0 Å². The molecule has 0 spiro atoms. The number of nitrogens with two attached hydrogens (primary N) is 1. The van der Waals surface area contributed by atoms with Crippen molar-refractivity contribution >= 4 is 5.69 Å². The molecule has 2 aliphatic rings. The third kappa shape index (κ3) is 2.91. The van der Waals surface area contributed by atoms with Crippen molar-refractivity contribution in [1.29, 1.82) is 0 Å². The summed E-state index contributed by atoms with van der Waals surface area (Å²) in [5.74, 6) is 0.999. The maximum Gasteiger partial charge on any atom is 0.123 e. The van der Waals surface area contributed by atoms with E-state index in [1.165, 1.54) is 12.8 Å². The van der Waals surface area contributed by atoms with Gasteiger partial charge in [0.2, 0.25) is 0 Å². The van der Waals surface area contributed by atoms with Gasteiger partial charge in [0.15, 0.2) is 0 Å². The van der Waals surface area contributed by atoms with E-state index in [1.54, 1.807) is 0 Å². The molecular formula is C16H25N3O. The van der Waals surface area contributed by atoms with E-state index < -0.39 is 0 Å². The first kappa shape index (κ1) is 13.7. The Labute approximate surface area is 121 Å². The third-order valence-corrected chi connectivity index (χ3v) is 4.28. The van der Waals surface area contributed by atoms with Gasteiger partial charge in [-0.25, -0.2) is 0 Å². The molecule has 1 aliphatic heterocycles. The lowest BCUT2D eigenvalue weighted by Crippen LogP contribution is -2.53. The second kappa shape index (κ2) is 5.26. The molecule has 1 aromatic carbocycles. The highest BCUT2D eigenvalue weighted by Crippen LogP contribution is 2.46. The molecule has 1 heterocycles. The molecule has 4 nitrogen and oxygen atoms in total. The quantitative estimate of drug-likeness (QED) is 0.583. The zero-order valence-corrected chi connectivity index (χ0v) is 12.4. The standard InChI is InChI=1S/C16H25N3O/c1-10-7-19(8-11(2)18-10)9-13-5-14(17)6-15(16(13)20)12-3-4-12/h5-6,10-12,18,20H,3-4,7-9,17H2,1-2H3/t10-,11+. The second-order valence-corrected chi connectivity index (χ2v) is 6.55. The largest absolute Gasteiger partial charge is 0.507 e. The predicted octanol–water partition coefficient (Wildman–Crippen LogP) is 2.03. The Hall–Kier alpha value is -1.26. The summed E-state index contributed by atoms with van der Waals surface area (Å²) in [6.07, 6.45) is 2.36. The minimum Gasteiger partial charge on any atom is -0.507 e. The van der Waals surface area contributed by atoms with Crippen LogP contribution in [-0.4, -0.2) is 35.2 Å². The molecule has 1 aliphatic carbocycles. The fraction of sp³-hybridized carbons (Fsp3) is 0.625. The molecule has 2 atom stereocenters. The first-order valence-electron chi connectivity index (χ1n) is 7.62. The van der Waals surface area contributed by atoms with Crippen LogP contribution < -0.4 is 11.1 Å². The van der Waals surface area contributed by atoms with Crippen molar-refractivity contribution in [3.05, 3.63) is 23.3 Å². The zero-order valence-electron chi connectivity index (χ0n) is 12.4. The van der Waals surface area contributed by atoms with Crippen LogP contribution in [0.3, 0.4) is 0 Å². The molecule has 1 saturated carbocycles. The first-order chi connectivity index (χ1) is 9.52. The van der Waals surface area contributed by atoms with Crippen molar-refractivity contribution in [1.82, 2.24) is 10.2 Å². The molecule has 1 aromatic rings. The molecule has 0 aromatic heterocycles. The van der Waals surface area contributed by atoms with Gasteiger partial charge in [0.25, 0.3) is 0 Å². The van der Waals surface area contributed by atoms with Crippen LogP contribution in [0.25, 0.3) is 0 Å². The van der Waals surface area contributed by atoms with E-state index >= 15 is 0 Å². The molecule has 4 heteroatoms. The molecule has 1 saturated heterocycles. The number of benzene rings is 1. The second-order valence-electron chi connectivity index (χ2n) is 6.55. The lowest BCUT2D eigenvalue weighted by atomic mass is 10.0. The van der Waals surface area contributed by atoms with Crippen molar-refractivity contribution in [2.45, 2.75) is 51.2 Å². The van der Waals surface area contributed by atoms with Gasteiger partial charge in [0, 0.05) is 43.0 Å². The van der Waals surface area contributed by atoms with Crippen LogP contribution in [0.2, 0.25) is 0 Å². The Morgan fingerprint density at radius 3 is 2.50 bits per heavy atom. The number of hydrogen-bond donors (Lipinski definition) is 3. The van der Waals surface area contributed by atoms with Crippen LogP contribution >= 0.6 is 0 Å². The van der Waals surface area contributed by atoms with Gasteiger partial charge in [-0.15, -0.1) is 0 Å². The average Bonchev–Trinajstić information content (AvgIpc) is 3.16. The fourth-order valence-corrected chi connectivity index (χ4v) is 3.38. The van der Waals surface area contributed by atoms with E-state index in [0.717, 1.165) is 36.4 Å². The molecule has 0 bridgehead atoms. The van der Waals surface area contributed by atoms with E-state index in [2.05, 4.69) is 24.1 Å². The maximum absolute atomic E-state index is 10.5. The number of hydrogen-bond acceptors (Lipinski definition) is 4. The Morgan fingerprint density at radius 1 is 1.25 bits per heavy atom. The number of piperazine rings is 1. The molecule has 0 unspecified atom stereocenters. The normalized spacial score (nSPS) is 27.7. The van der Waals surface area contributed by atoms with Crippen LogP contribution in [0, 0.1) is 0 Å². The van der Waals surface area contributed by atoms with Crippen molar-refractivity contribution in [3.8, 4) is 5.75 Å². The van der Waals surface area contributed by atoms with Crippen LogP contribution in [0.1, 0.15) is 43.7 Å². The first-order valence-corrected chi connectivity index (χ1v) is 7.62. The van der Waals surface area contributed by atoms with Gasteiger partial charge in [-0.1, -0.05) is 0 Å². The summed E-state index contributed by atoms with van der Waals surface area (Å²) in [7, 11) is 0. The molecule has 3 rings (SSSR count). The van der Waals surface area contributed by atoms with Crippen molar-refractivity contribution < 1.29 is 5.11 Å². The highest BCUT2D eigenvalue weighted by Gasteiger charge is 2.28. The SMILES string of the molecule is C[C@@H]1CN(Cc2cc(N)cc(C3CC3)c2O)C[C@H](C)N1. The topological polar surface area (TPSA) is 61.5 Å². The highest BCUT2D eigenvalue weighted by molar-refractivity contribution is 5.55. The lowest BCUT2D eigenvalue weighted by Gasteiger charge is -2.36. The number of anilines is 1. The summed E-state index contributed by atoms with van der Waals surface area (Å²) < 4.78 is 0. The Morgan fingerprint density at radius 2 is 1.90 bits per heavy atom. The van der Waals surface area contributed by atoms with Gasteiger partial charge >= 0.3 is 0 Å². The summed E-state index contributed by atoms with van der Waals surface area (Å²) in [4.78, 5) is 2.40. The molecule has 4 N–H and O–H groups in total. The van der Waals surface area contributed by atoms with E-state index in [-0.39, 0.29) is 0 Å².